The van der Waals surface area contributed by atoms with Crippen LogP contribution >= 0.6 is 0 Å². The van der Waals surface area contributed by atoms with E-state index in [0.29, 0.717) is 0 Å². The monoisotopic (exact) mass is 266 g/mol. The van der Waals surface area contributed by atoms with Gasteiger partial charge in [-0.2, -0.15) is 0 Å². The molecule has 0 aromatic heterocycles. The van der Waals surface area contributed by atoms with Crippen LogP contribution in [0.5, 0.6) is 0 Å². The number of piperidine rings is 1. The minimum Gasteiger partial charge on any atom is -0.381 e. The number of nitrogens with one attached hydrogen (secondary N) is 2. The molecular weight excluding hydrogens is 236 g/mol. The van der Waals surface area contributed by atoms with Crippen LogP contribution in [0.15, 0.2) is 0 Å². The molecule has 0 spiro atoms. The highest BCUT2D eigenvalue weighted by atomic mass is 16.5. The Kier molecular flexibility index (Phi) is 5.14. The summed E-state index contributed by atoms with van der Waals surface area (Å²) in [6.07, 6.45) is 11.0. The number of rotatable bonds is 4. The van der Waals surface area contributed by atoms with Crippen molar-refractivity contribution in [3.63, 3.8) is 0 Å². The Hall–Kier alpha value is -0.120. The van der Waals surface area contributed by atoms with E-state index < -0.39 is 0 Å². The summed E-state index contributed by atoms with van der Waals surface area (Å²) in [5.41, 5.74) is 0. The first-order valence-electron chi connectivity index (χ1n) is 8.48. The zero-order valence-corrected chi connectivity index (χ0v) is 12.2. The standard InChI is InChI=1S/C16H30N2O/c1-2-9-17-15(5-1)14-4-3-6-16(14)18-12-13-7-10-19-11-8-13/h13-18H,1-12H2. The van der Waals surface area contributed by atoms with Crippen LogP contribution in [-0.2, 0) is 4.74 Å². The van der Waals surface area contributed by atoms with E-state index in [1.807, 2.05) is 0 Å². The molecule has 0 aromatic rings. The topological polar surface area (TPSA) is 33.3 Å². The molecule has 3 aliphatic rings. The van der Waals surface area contributed by atoms with Crippen LogP contribution in [0.3, 0.4) is 0 Å². The van der Waals surface area contributed by atoms with E-state index in [-0.39, 0.29) is 0 Å². The smallest absolute Gasteiger partial charge is 0.0469 e. The minimum atomic E-state index is 0.776. The third-order valence-corrected chi connectivity index (χ3v) is 5.44. The van der Waals surface area contributed by atoms with Crippen LogP contribution in [0.25, 0.3) is 0 Å². The molecule has 3 heteroatoms. The van der Waals surface area contributed by atoms with Crippen LogP contribution < -0.4 is 10.6 Å². The molecule has 2 aliphatic heterocycles. The highest BCUT2D eigenvalue weighted by Gasteiger charge is 2.34. The minimum absolute atomic E-state index is 0.776. The van der Waals surface area contributed by atoms with E-state index in [1.165, 1.54) is 64.5 Å². The number of hydrogen-bond donors (Lipinski definition) is 2. The molecule has 3 nitrogen and oxygen atoms in total. The van der Waals surface area contributed by atoms with Gasteiger partial charge in [0.25, 0.3) is 0 Å². The van der Waals surface area contributed by atoms with Gasteiger partial charge < -0.3 is 15.4 Å². The quantitative estimate of drug-likeness (QED) is 0.819. The van der Waals surface area contributed by atoms with E-state index >= 15 is 0 Å². The molecular formula is C16H30N2O. The maximum atomic E-state index is 5.45. The Morgan fingerprint density at radius 2 is 1.84 bits per heavy atom. The van der Waals surface area contributed by atoms with E-state index in [1.54, 1.807) is 0 Å². The Labute approximate surface area is 117 Å². The molecule has 3 rings (SSSR count). The normalized spacial score (nSPS) is 37.6. The van der Waals surface area contributed by atoms with Crippen molar-refractivity contribution in [2.24, 2.45) is 11.8 Å². The lowest BCUT2D eigenvalue weighted by atomic mass is 9.88. The van der Waals surface area contributed by atoms with Gasteiger partial charge in [-0.25, -0.2) is 0 Å². The second kappa shape index (κ2) is 7.05. The highest BCUT2D eigenvalue weighted by Crippen LogP contribution is 2.32. The lowest BCUT2D eigenvalue weighted by Gasteiger charge is -2.34. The first kappa shape index (κ1) is 13.8. The molecule has 2 N–H and O–H groups in total. The van der Waals surface area contributed by atoms with E-state index in [0.717, 1.165) is 37.1 Å². The van der Waals surface area contributed by atoms with Crippen molar-refractivity contribution in [2.45, 2.75) is 63.5 Å². The average Bonchev–Trinajstić information content (AvgIpc) is 2.95. The van der Waals surface area contributed by atoms with Gasteiger partial charge in [0, 0.05) is 25.3 Å². The molecule has 3 unspecified atom stereocenters. The van der Waals surface area contributed by atoms with Crippen LogP contribution in [0.1, 0.15) is 51.4 Å². The van der Waals surface area contributed by atoms with Gasteiger partial charge in [-0.15, -0.1) is 0 Å². The zero-order chi connectivity index (χ0) is 12.9. The summed E-state index contributed by atoms with van der Waals surface area (Å²) in [5.74, 6) is 1.74. The SMILES string of the molecule is C1CCC(C2CCCC2NCC2CCOCC2)NC1. The predicted molar refractivity (Wildman–Crippen MR) is 78.3 cm³/mol. The average molecular weight is 266 g/mol. The van der Waals surface area contributed by atoms with Crippen LogP contribution in [0.4, 0.5) is 0 Å². The molecule has 0 radical (unpaired) electrons. The van der Waals surface area contributed by atoms with Crippen molar-refractivity contribution in [1.29, 1.82) is 0 Å². The molecule has 0 aromatic carbocycles. The molecule has 110 valence electrons. The van der Waals surface area contributed by atoms with Gasteiger partial charge in [-0.05, 0) is 63.5 Å². The summed E-state index contributed by atoms with van der Waals surface area (Å²) in [4.78, 5) is 0. The molecule has 1 aliphatic carbocycles. The summed E-state index contributed by atoms with van der Waals surface area (Å²) < 4.78 is 5.45. The molecule has 3 atom stereocenters. The lowest BCUT2D eigenvalue weighted by molar-refractivity contribution is 0.0646. The maximum Gasteiger partial charge on any atom is 0.0469 e. The number of ether oxygens (including phenoxy) is 1. The second-order valence-electron chi connectivity index (χ2n) is 6.72. The Morgan fingerprint density at radius 1 is 0.947 bits per heavy atom. The molecule has 3 fully saturated rings. The van der Waals surface area contributed by atoms with Gasteiger partial charge in [-0.3, -0.25) is 0 Å². The van der Waals surface area contributed by atoms with E-state index in [9.17, 15) is 0 Å². The van der Waals surface area contributed by atoms with Crippen molar-refractivity contribution in [3.8, 4) is 0 Å². The Balaban J connectivity index is 1.45. The van der Waals surface area contributed by atoms with Crippen molar-refractivity contribution in [1.82, 2.24) is 10.6 Å². The van der Waals surface area contributed by atoms with Gasteiger partial charge in [-0.1, -0.05) is 12.8 Å². The third kappa shape index (κ3) is 3.71. The molecule has 0 bridgehead atoms. The summed E-state index contributed by atoms with van der Waals surface area (Å²) in [6.45, 7) is 4.42. The molecule has 0 amide bonds. The summed E-state index contributed by atoms with van der Waals surface area (Å²) in [5, 5.41) is 7.67. The van der Waals surface area contributed by atoms with Crippen LogP contribution in [0.2, 0.25) is 0 Å². The van der Waals surface area contributed by atoms with Gasteiger partial charge in [0.15, 0.2) is 0 Å². The molecule has 2 heterocycles. The molecule has 1 saturated carbocycles. The highest BCUT2D eigenvalue weighted by molar-refractivity contribution is 4.92. The van der Waals surface area contributed by atoms with Crippen molar-refractivity contribution in [3.05, 3.63) is 0 Å². The number of hydrogen-bond acceptors (Lipinski definition) is 3. The van der Waals surface area contributed by atoms with Crippen molar-refractivity contribution >= 4 is 0 Å². The first-order valence-corrected chi connectivity index (χ1v) is 8.48. The van der Waals surface area contributed by atoms with Gasteiger partial charge in [0.1, 0.15) is 0 Å². The fourth-order valence-corrected chi connectivity index (χ4v) is 4.24. The van der Waals surface area contributed by atoms with Gasteiger partial charge in [0.05, 0.1) is 0 Å². The predicted octanol–water partition coefficient (Wildman–Crippen LogP) is 2.31. The van der Waals surface area contributed by atoms with Crippen molar-refractivity contribution < 1.29 is 4.74 Å². The Bertz CT molecular complexity index is 259. The largest absolute Gasteiger partial charge is 0.381 e. The second-order valence-corrected chi connectivity index (χ2v) is 6.72. The molecule has 2 saturated heterocycles. The van der Waals surface area contributed by atoms with E-state index in [4.69, 9.17) is 4.74 Å². The van der Waals surface area contributed by atoms with Crippen LogP contribution in [-0.4, -0.2) is 38.4 Å². The van der Waals surface area contributed by atoms with Crippen molar-refractivity contribution in [2.75, 3.05) is 26.3 Å². The zero-order valence-electron chi connectivity index (χ0n) is 12.2. The van der Waals surface area contributed by atoms with Gasteiger partial charge in [0.2, 0.25) is 0 Å². The lowest BCUT2D eigenvalue weighted by Crippen LogP contribution is -2.47. The fraction of sp³-hybridized carbons (Fsp3) is 1.00. The Morgan fingerprint density at radius 3 is 2.63 bits per heavy atom. The maximum absolute atomic E-state index is 5.45. The first-order chi connectivity index (χ1) is 9.43. The summed E-state index contributed by atoms with van der Waals surface area (Å²) in [6, 6.07) is 1.57. The molecule has 19 heavy (non-hydrogen) atoms. The van der Waals surface area contributed by atoms with E-state index in [2.05, 4.69) is 10.6 Å². The fourth-order valence-electron chi connectivity index (χ4n) is 4.24. The van der Waals surface area contributed by atoms with Crippen LogP contribution in [0, 0.1) is 11.8 Å². The third-order valence-electron chi connectivity index (χ3n) is 5.44. The summed E-state index contributed by atoms with van der Waals surface area (Å²) in [7, 11) is 0. The summed E-state index contributed by atoms with van der Waals surface area (Å²) >= 11 is 0. The van der Waals surface area contributed by atoms with Gasteiger partial charge >= 0.3 is 0 Å².